The van der Waals surface area contributed by atoms with E-state index >= 15 is 0 Å². The maximum Gasteiger partial charge on any atom is 0.158 e. The molecule has 7 rings (SSSR count). The molecule has 0 amide bonds. The van der Waals surface area contributed by atoms with E-state index in [0.717, 1.165) is 53.4 Å². The van der Waals surface area contributed by atoms with E-state index < -0.39 is 0 Å². The number of hydrogen-bond acceptors (Lipinski definition) is 8. The number of fused-ring (bicyclic) bond motifs is 4. The zero-order valence-electron chi connectivity index (χ0n) is 20.7. The van der Waals surface area contributed by atoms with Crippen LogP contribution in [0.4, 0.5) is 11.5 Å². The lowest BCUT2D eigenvalue weighted by Crippen LogP contribution is -2.46. The Balaban J connectivity index is 1.13. The molecule has 0 saturated carbocycles. The van der Waals surface area contributed by atoms with E-state index in [4.69, 9.17) is 10.5 Å². The second-order valence-corrected chi connectivity index (χ2v) is 10.2. The first-order chi connectivity index (χ1) is 18.1. The summed E-state index contributed by atoms with van der Waals surface area (Å²) in [4.78, 5) is 11.5. The molecule has 0 spiro atoms. The van der Waals surface area contributed by atoms with E-state index in [1.54, 1.807) is 10.8 Å². The van der Waals surface area contributed by atoms with Crippen LogP contribution in [0.3, 0.4) is 0 Å². The zero-order chi connectivity index (χ0) is 24.9. The second kappa shape index (κ2) is 8.82. The third kappa shape index (κ3) is 4.08. The van der Waals surface area contributed by atoms with Crippen molar-refractivity contribution in [2.24, 2.45) is 5.73 Å². The summed E-state index contributed by atoms with van der Waals surface area (Å²) in [5.41, 5.74) is 11.2. The number of nitrogens with zero attached hydrogens (tertiary/aromatic N) is 7. The molecule has 2 bridgehead atoms. The number of pyridine rings is 1. The van der Waals surface area contributed by atoms with Crippen LogP contribution in [-0.4, -0.2) is 52.2 Å². The lowest BCUT2D eigenvalue weighted by Gasteiger charge is -2.37. The zero-order valence-corrected chi connectivity index (χ0v) is 20.7. The van der Waals surface area contributed by atoms with Crippen molar-refractivity contribution in [1.82, 2.24) is 34.1 Å². The third-order valence-corrected chi connectivity index (χ3v) is 7.73. The van der Waals surface area contributed by atoms with E-state index in [1.807, 2.05) is 48.1 Å². The van der Waals surface area contributed by atoms with Gasteiger partial charge in [-0.1, -0.05) is 0 Å². The molecule has 2 saturated heterocycles. The van der Waals surface area contributed by atoms with Gasteiger partial charge in [-0.15, -0.1) is 0 Å². The molecule has 2 unspecified atom stereocenters. The quantitative estimate of drug-likeness (QED) is 0.363. The number of rotatable bonds is 6. The summed E-state index contributed by atoms with van der Waals surface area (Å²) in [5.74, 6) is 2.29. The monoisotopic (exact) mass is 495 g/mol. The summed E-state index contributed by atoms with van der Waals surface area (Å²) < 4.78 is 9.75. The predicted molar refractivity (Wildman–Crippen MR) is 140 cm³/mol. The Morgan fingerprint density at radius 3 is 2.59 bits per heavy atom. The largest absolute Gasteiger partial charge is 0.457 e. The molecule has 37 heavy (non-hydrogen) atoms. The van der Waals surface area contributed by atoms with Gasteiger partial charge < -0.3 is 15.8 Å². The summed E-state index contributed by atoms with van der Waals surface area (Å²) in [5, 5.41) is 12.1. The number of anilines is 2. The number of nitrogens with one attached hydrogen (secondary N) is 1. The molecule has 2 aliphatic heterocycles. The Morgan fingerprint density at radius 2 is 1.76 bits per heavy atom. The number of piperidine rings is 1. The third-order valence-electron chi connectivity index (χ3n) is 7.73. The maximum absolute atomic E-state index is 6.30. The van der Waals surface area contributed by atoms with Gasteiger partial charge in [0.1, 0.15) is 29.7 Å². The molecule has 1 aromatic carbocycles. The average molecular weight is 496 g/mol. The van der Waals surface area contributed by atoms with Gasteiger partial charge in [0, 0.05) is 48.8 Å². The van der Waals surface area contributed by atoms with Gasteiger partial charge in [0.25, 0.3) is 0 Å². The molecule has 188 valence electrons. The fourth-order valence-corrected chi connectivity index (χ4v) is 5.97. The van der Waals surface area contributed by atoms with Crippen molar-refractivity contribution >= 4 is 22.7 Å². The highest BCUT2D eigenvalue weighted by Gasteiger charge is 2.39. The van der Waals surface area contributed by atoms with E-state index in [1.165, 1.54) is 24.7 Å². The minimum atomic E-state index is 0.334. The molecule has 0 radical (unpaired) electrons. The molecule has 2 fully saturated rings. The van der Waals surface area contributed by atoms with Gasteiger partial charge >= 0.3 is 0 Å². The summed E-state index contributed by atoms with van der Waals surface area (Å²) in [6, 6.07) is 13.4. The highest BCUT2D eigenvalue weighted by molar-refractivity contribution is 5.76. The first-order valence-corrected chi connectivity index (χ1v) is 12.8. The van der Waals surface area contributed by atoms with Crippen LogP contribution in [0.25, 0.3) is 11.2 Å². The molecule has 2 aliphatic rings. The number of ether oxygens (including phenoxy) is 1. The van der Waals surface area contributed by atoms with Crippen LogP contribution in [-0.2, 0) is 6.54 Å². The molecule has 3 N–H and O–H groups in total. The number of benzene rings is 1. The lowest BCUT2D eigenvalue weighted by atomic mass is 9.97. The smallest absolute Gasteiger partial charge is 0.158 e. The Labute approximate surface area is 214 Å². The fraction of sp³-hybridized carbons (Fsp3) is 0.333. The molecular formula is C27H29N9O. The van der Waals surface area contributed by atoms with Crippen molar-refractivity contribution in [3.8, 4) is 11.5 Å². The van der Waals surface area contributed by atoms with Crippen LogP contribution in [0.2, 0.25) is 0 Å². The van der Waals surface area contributed by atoms with Gasteiger partial charge in [-0.2, -0.15) is 10.2 Å². The van der Waals surface area contributed by atoms with Crippen molar-refractivity contribution in [3.05, 3.63) is 72.6 Å². The van der Waals surface area contributed by atoms with E-state index in [2.05, 4.69) is 42.5 Å². The van der Waals surface area contributed by atoms with E-state index in [9.17, 15) is 0 Å². The van der Waals surface area contributed by atoms with Gasteiger partial charge in [-0.25, -0.2) is 19.0 Å². The number of aromatic nitrogens is 6. The molecular weight excluding hydrogens is 466 g/mol. The van der Waals surface area contributed by atoms with Crippen molar-refractivity contribution < 1.29 is 4.74 Å². The van der Waals surface area contributed by atoms with Gasteiger partial charge in [0.05, 0.1) is 0 Å². The molecule has 5 aromatic rings. The van der Waals surface area contributed by atoms with Crippen molar-refractivity contribution in [2.75, 3.05) is 5.32 Å². The molecule has 6 heterocycles. The number of hydrogen-bond donors (Lipinski definition) is 2. The Kier molecular flexibility index (Phi) is 5.29. The topological polar surface area (TPSA) is 111 Å². The second-order valence-electron chi connectivity index (χ2n) is 10.2. The van der Waals surface area contributed by atoms with Crippen LogP contribution in [0, 0.1) is 6.92 Å². The lowest BCUT2D eigenvalue weighted by molar-refractivity contribution is 0.120. The standard InChI is InChI=1S/C27H29N9O/c1-17-10-20(2-5-24(17)37-23-7-9-35-25(13-23)29-15-31-35)33-27-26-18(6-8-36(26)32-16-30-27)14-34-21-3-4-22(34)12-19(28)11-21/h2,5-10,13,15-16,19,21-22H,3-4,11-12,14,28H2,1H3,(H,30,32,33)/t19?,21-,22?/m0/s1. The minimum Gasteiger partial charge on any atom is -0.457 e. The number of aryl methyl sites for hydroxylation is 1. The first-order valence-electron chi connectivity index (χ1n) is 12.8. The van der Waals surface area contributed by atoms with E-state index in [-0.39, 0.29) is 0 Å². The molecule has 3 atom stereocenters. The minimum absolute atomic E-state index is 0.334. The summed E-state index contributed by atoms with van der Waals surface area (Å²) in [6.45, 7) is 2.92. The van der Waals surface area contributed by atoms with Crippen molar-refractivity contribution in [2.45, 2.75) is 57.3 Å². The maximum atomic E-state index is 6.30. The van der Waals surface area contributed by atoms with Crippen molar-refractivity contribution in [1.29, 1.82) is 0 Å². The van der Waals surface area contributed by atoms with Gasteiger partial charge in [-0.3, -0.25) is 4.90 Å². The SMILES string of the molecule is Cc1cc(Nc2ncnn3ccc(CN4C5CC[C@H]4CC(N)C5)c23)ccc1Oc1ccn2ncnc2c1. The fourth-order valence-electron chi connectivity index (χ4n) is 5.97. The molecule has 4 aromatic heterocycles. The summed E-state index contributed by atoms with van der Waals surface area (Å²) in [6.07, 6.45) is 11.6. The average Bonchev–Trinajstić information content (AvgIpc) is 3.58. The van der Waals surface area contributed by atoms with Gasteiger partial charge in [-0.05, 0) is 74.1 Å². The van der Waals surface area contributed by atoms with Crippen LogP contribution in [0.15, 0.2) is 61.4 Å². The Hall–Kier alpha value is -4.02. The molecule has 10 nitrogen and oxygen atoms in total. The summed E-state index contributed by atoms with van der Waals surface area (Å²) >= 11 is 0. The van der Waals surface area contributed by atoms with Gasteiger partial charge in [0.2, 0.25) is 0 Å². The number of nitrogens with two attached hydrogens (primary N) is 1. The van der Waals surface area contributed by atoms with Crippen LogP contribution in [0.5, 0.6) is 11.5 Å². The van der Waals surface area contributed by atoms with Crippen molar-refractivity contribution in [3.63, 3.8) is 0 Å². The van der Waals surface area contributed by atoms with Crippen LogP contribution >= 0.6 is 0 Å². The van der Waals surface area contributed by atoms with E-state index in [0.29, 0.717) is 23.9 Å². The molecule has 10 heteroatoms. The van der Waals surface area contributed by atoms with Crippen LogP contribution in [0.1, 0.15) is 36.8 Å². The Morgan fingerprint density at radius 1 is 0.973 bits per heavy atom. The molecule has 0 aliphatic carbocycles. The first kappa shape index (κ1) is 22.2. The van der Waals surface area contributed by atoms with Crippen LogP contribution < -0.4 is 15.8 Å². The normalized spacial score (nSPS) is 21.6. The van der Waals surface area contributed by atoms with Gasteiger partial charge in [0.15, 0.2) is 11.5 Å². The highest BCUT2D eigenvalue weighted by atomic mass is 16.5. The Bertz CT molecular complexity index is 1580. The highest BCUT2D eigenvalue weighted by Crippen LogP contribution is 2.37. The predicted octanol–water partition coefficient (Wildman–Crippen LogP) is 4.07. The summed E-state index contributed by atoms with van der Waals surface area (Å²) in [7, 11) is 0.